The summed E-state index contributed by atoms with van der Waals surface area (Å²) < 4.78 is 8.03. The van der Waals surface area contributed by atoms with Gasteiger partial charge in [0.25, 0.3) is 5.91 Å². The van der Waals surface area contributed by atoms with Crippen LogP contribution in [-0.2, 0) is 0 Å². The SMILES string of the molecule is CCCCOc1c2n(cc(Br)c1=O)N(C)C1(CC[C@@H]3C[C@@H]31)N(C)C2=O. The van der Waals surface area contributed by atoms with E-state index in [-0.39, 0.29) is 22.7 Å². The Labute approximate surface area is 155 Å². The van der Waals surface area contributed by atoms with Gasteiger partial charge in [-0.3, -0.25) is 19.3 Å². The average Bonchev–Trinajstić information content (AvgIpc) is 3.29. The van der Waals surface area contributed by atoms with Gasteiger partial charge in [0, 0.05) is 26.2 Å². The van der Waals surface area contributed by atoms with E-state index in [0.29, 0.717) is 22.7 Å². The lowest BCUT2D eigenvalue weighted by Crippen LogP contribution is -2.68. The van der Waals surface area contributed by atoms with Crippen molar-refractivity contribution in [1.82, 2.24) is 9.58 Å². The molecule has 1 amide bonds. The molecule has 136 valence electrons. The zero-order valence-corrected chi connectivity index (χ0v) is 16.5. The maximum atomic E-state index is 13.2. The first-order valence-corrected chi connectivity index (χ1v) is 9.83. The van der Waals surface area contributed by atoms with Crippen LogP contribution < -0.4 is 15.2 Å². The number of nitrogens with zero attached hydrogens (tertiary/aromatic N) is 3. The Morgan fingerprint density at radius 2 is 2.12 bits per heavy atom. The van der Waals surface area contributed by atoms with Gasteiger partial charge < -0.3 is 9.64 Å². The number of pyridine rings is 1. The molecule has 0 aromatic carbocycles. The fourth-order valence-electron chi connectivity index (χ4n) is 4.71. The van der Waals surface area contributed by atoms with Crippen LogP contribution >= 0.6 is 15.9 Å². The molecule has 1 spiro atoms. The van der Waals surface area contributed by atoms with Crippen LogP contribution in [0.4, 0.5) is 0 Å². The Morgan fingerprint density at radius 1 is 1.36 bits per heavy atom. The van der Waals surface area contributed by atoms with E-state index in [1.165, 1.54) is 6.42 Å². The van der Waals surface area contributed by atoms with Crippen molar-refractivity contribution in [2.24, 2.45) is 11.8 Å². The first-order chi connectivity index (χ1) is 11.9. The van der Waals surface area contributed by atoms with Crippen LogP contribution in [0.15, 0.2) is 15.5 Å². The molecule has 3 aliphatic rings. The second-order valence-corrected chi connectivity index (χ2v) is 8.29. The van der Waals surface area contributed by atoms with Crippen molar-refractivity contribution >= 4 is 21.8 Å². The molecule has 7 heteroatoms. The summed E-state index contributed by atoms with van der Waals surface area (Å²) in [6.07, 6.45) is 6.83. The van der Waals surface area contributed by atoms with Crippen LogP contribution in [0.3, 0.4) is 0 Å². The van der Waals surface area contributed by atoms with Gasteiger partial charge in [-0.2, -0.15) is 0 Å². The van der Waals surface area contributed by atoms with Crippen molar-refractivity contribution in [2.45, 2.75) is 44.7 Å². The number of unbranched alkanes of at least 4 members (excludes halogenated alkanes) is 1. The van der Waals surface area contributed by atoms with Crippen molar-refractivity contribution in [2.75, 3.05) is 25.7 Å². The molecule has 4 rings (SSSR count). The lowest BCUT2D eigenvalue weighted by Gasteiger charge is -2.52. The van der Waals surface area contributed by atoms with Gasteiger partial charge in [-0.1, -0.05) is 13.3 Å². The largest absolute Gasteiger partial charge is 0.487 e. The molecule has 0 N–H and O–H groups in total. The Hall–Kier alpha value is -1.50. The summed E-state index contributed by atoms with van der Waals surface area (Å²) in [5.41, 5.74) is -0.211. The lowest BCUT2D eigenvalue weighted by molar-refractivity contribution is 0.0327. The van der Waals surface area contributed by atoms with E-state index in [2.05, 4.69) is 27.9 Å². The van der Waals surface area contributed by atoms with Crippen molar-refractivity contribution in [3.05, 3.63) is 26.6 Å². The summed E-state index contributed by atoms with van der Waals surface area (Å²) in [5.74, 6) is 1.28. The highest BCUT2D eigenvalue weighted by molar-refractivity contribution is 9.10. The quantitative estimate of drug-likeness (QED) is 0.717. The smallest absolute Gasteiger partial charge is 0.278 e. The molecule has 1 aromatic heterocycles. The normalized spacial score (nSPS) is 29.8. The summed E-state index contributed by atoms with van der Waals surface area (Å²) in [7, 11) is 3.88. The van der Waals surface area contributed by atoms with E-state index in [1.54, 1.807) is 6.20 Å². The number of carbonyl (C=O) groups excluding carboxylic acids is 1. The first-order valence-electron chi connectivity index (χ1n) is 9.03. The minimum atomic E-state index is -0.288. The van der Waals surface area contributed by atoms with Gasteiger partial charge in [0.15, 0.2) is 11.4 Å². The Bertz CT molecular complexity index is 793. The second-order valence-electron chi connectivity index (χ2n) is 7.44. The fraction of sp³-hybridized carbons (Fsp3) is 0.667. The summed E-state index contributed by atoms with van der Waals surface area (Å²) in [6.45, 7) is 2.50. The van der Waals surface area contributed by atoms with Gasteiger partial charge in [-0.25, -0.2) is 0 Å². The van der Waals surface area contributed by atoms with E-state index >= 15 is 0 Å². The van der Waals surface area contributed by atoms with E-state index < -0.39 is 0 Å². The monoisotopic (exact) mass is 409 g/mol. The van der Waals surface area contributed by atoms with Gasteiger partial charge in [-0.05, 0) is 47.5 Å². The third-order valence-electron chi connectivity index (χ3n) is 6.22. The van der Waals surface area contributed by atoms with Crippen LogP contribution in [0.25, 0.3) is 0 Å². The maximum Gasteiger partial charge on any atom is 0.278 e. The number of hydrogen-bond acceptors (Lipinski definition) is 4. The van der Waals surface area contributed by atoms with E-state index in [0.717, 1.165) is 31.6 Å². The van der Waals surface area contributed by atoms with Crippen LogP contribution in [-0.4, -0.2) is 41.8 Å². The Morgan fingerprint density at radius 3 is 2.72 bits per heavy atom. The predicted molar refractivity (Wildman–Crippen MR) is 98.6 cm³/mol. The summed E-state index contributed by atoms with van der Waals surface area (Å²) >= 11 is 3.35. The summed E-state index contributed by atoms with van der Waals surface area (Å²) in [4.78, 5) is 27.7. The van der Waals surface area contributed by atoms with Gasteiger partial charge in [0.1, 0.15) is 5.66 Å². The zero-order valence-electron chi connectivity index (χ0n) is 14.9. The molecular weight excluding hydrogens is 386 g/mol. The third-order valence-corrected chi connectivity index (χ3v) is 6.78. The molecule has 6 nitrogen and oxygen atoms in total. The van der Waals surface area contributed by atoms with Crippen molar-refractivity contribution < 1.29 is 9.53 Å². The number of aromatic nitrogens is 1. The van der Waals surface area contributed by atoms with Crippen LogP contribution in [0.2, 0.25) is 0 Å². The molecule has 2 fully saturated rings. The highest BCUT2D eigenvalue weighted by Crippen LogP contribution is 2.61. The molecule has 0 saturated heterocycles. The summed E-state index contributed by atoms with van der Waals surface area (Å²) in [5, 5.41) is 2.14. The van der Waals surface area contributed by atoms with E-state index in [1.807, 2.05) is 23.7 Å². The highest BCUT2D eigenvalue weighted by Gasteiger charge is 2.65. The molecule has 2 saturated carbocycles. The zero-order chi connectivity index (χ0) is 17.9. The number of carbonyl (C=O) groups is 1. The Balaban J connectivity index is 1.84. The molecule has 1 aromatic rings. The number of ether oxygens (including phenoxy) is 1. The van der Waals surface area contributed by atoms with Crippen LogP contribution in [0, 0.1) is 11.8 Å². The van der Waals surface area contributed by atoms with Gasteiger partial charge in [-0.15, -0.1) is 0 Å². The van der Waals surface area contributed by atoms with Gasteiger partial charge in [0.2, 0.25) is 5.43 Å². The topological polar surface area (TPSA) is 54.8 Å². The molecule has 1 unspecified atom stereocenters. The number of hydrogen-bond donors (Lipinski definition) is 0. The third kappa shape index (κ3) is 2.20. The average molecular weight is 410 g/mol. The number of fused-ring (bicyclic) bond motifs is 3. The number of amides is 1. The van der Waals surface area contributed by atoms with Crippen molar-refractivity contribution in [3.8, 4) is 5.75 Å². The molecule has 2 heterocycles. The van der Waals surface area contributed by atoms with Crippen molar-refractivity contribution in [1.29, 1.82) is 0 Å². The molecule has 2 aliphatic carbocycles. The van der Waals surface area contributed by atoms with E-state index in [4.69, 9.17) is 4.74 Å². The maximum absolute atomic E-state index is 13.2. The predicted octanol–water partition coefficient (Wildman–Crippen LogP) is 2.57. The first kappa shape index (κ1) is 16.9. The van der Waals surface area contributed by atoms with Crippen molar-refractivity contribution in [3.63, 3.8) is 0 Å². The van der Waals surface area contributed by atoms with Crippen LogP contribution in [0.5, 0.6) is 5.75 Å². The fourth-order valence-corrected chi connectivity index (χ4v) is 5.08. The Kier molecular flexibility index (Phi) is 3.90. The minimum Gasteiger partial charge on any atom is -0.487 e. The molecular formula is C18H24BrN3O3. The standard InChI is InChI=1S/C18H24BrN3O3/c1-4-5-8-25-16-14-17(24)20(2)18(7-6-11-9-12(11)18)21(3)22(14)10-13(19)15(16)23/h10-12H,4-9H2,1-3H3/t11-,12+,18?/m1/s1. The van der Waals surface area contributed by atoms with Crippen LogP contribution in [0.1, 0.15) is 49.5 Å². The molecule has 0 radical (unpaired) electrons. The summed E-state index contributed by atoms with van der Waals surface area (Å²) in [6, 6.07) is 0. The molecule has 3 atom stereocenters. The number of halogens is 1. The highest BCUT2D eigenvalue weighted by atomic mass is 79.9. The lowest BCUT2D eigenvalue weighted by atomic mass is 9.99. The number of rotatable bonds is 4. The molecule has 1 aliphatic heterocycles. The molecule has 25 heavy (non-hydrogen) atoms. The van der Waals surface area contributed by atoms with E-state index in [9.17, 15) is 9.59 Å². The second kappa shape index (κ2) is 5.76. The molecule has 0 bridgehead atoms. The van der Waals surface area contributed by atoms with Gasteiger partial charge >= 0.3 is 0 Å². The minimum absolute atomic E-state index is 0.123. The van der Waals surface area contributed by atoms with Gasteiger partial charge in [0.05, 0.1) is 11.1 Å².